The smallest absolute Gasteiger partial charge is 0.409 e. The molecule has 1 amide bonds. The van der Waals surface area contributed by atoms with E-state index in [4.69, 9.17) is 30.2 Å². The Bertz CT molecular complexity index is 716. The molecule has 1 heterocycles. The molecule has 0 fully saturated rings. The van der Waals surface area contributed by atoms with Crippen molar-refractivity contribution in [3.63, 3.8) is 0 Å². The first-order chi connectivity index (χ1) is 12.0. The molecule has 2 rings (SSSR count). The lowest BCUT2D eigenvalue weighted by molar-refractivity contribution is -0.113. The summed E-state index contributed by atoms with van der Waals surface area (Å²) in [6.07, 6.45) is -0.425. The molecule has 0 unspecified atom stereocenters. The van der Waals surface area contributed by atoms with Crippen LogP contribution in [0.2, 0.25) is 5.02 Å². The zero-order valence-electron chi connectivity index (χ0n) is 14.4. The Hall–Kier alpha value is -1.28. The largest absolute Gasteiger partial charge is 0.459 e. The number of methoxy groups -OCH3 is 2. The van der Waals surface area contributed by atoms with Gasteiger partial charge in [0, 0.05) is 37.0 Å². The molecule has 0 aliphatic carbocycles. The van der Waals surface area contributed by atoms with Gasteiger partial charge in [0.1, 0.15) is 5.76 Å². The number of nitrogens with zero attached hydrogens (tertiary/aromatic N) is 1. The molecule has 0 saturated heterocycles. The predicted molar refractivity (Wildman–Crippen MR) is 99.0 cm³/mol. The molecule has 0 aliphatic heterocycles. The van der Waals surface area contributed by atoms with Crippen LogP contribution in [-0.4, -0.2) is 51.2 Å². The molecule has 0 aliphatic rings. The van der Waals surface area contributed by atoms with Gasteiger partial charge in [-0.05, 0) is 25.1 Å². The van der Waals surface area contributed by atoms with E-state index < -0.39 is 12.4 Å². The van der Waals surface area contributed by atoms with Crippen LogP contribution in [-0.2, 0) is 20.6 Å². The van der Waals surface area contributed by atoms with Crippen molar-refractivity contribution in [1.82, 2.24) is 4.90 Å². The number of carbonyl (C=O) groups is 1. The third kappa shape index (κ3) is 5.34. The molecular weight excluding hydrogens is 414 g/mol. The van der Waals surface area contributed by atoms with Crippen LogP contribution in [0.25, 0.3) is 11.0 Å². The zero-order chi connectivity index (χ0) is 18.4. The van der Waals surface area contributed by atoms with Crippen LogP contribution in [0.5, 0.6) is 0 Å². The Labute approximate surface area is 160 Å². The molecule has 2 aromatic rings. The zero-order valence-corrected chi connectivity index (χ0v) is 16.7. The van der Waals surface area contributed by atoms with Gasteiger partial charge >= 0.3 is 6.09 Å². The molecule has 1 aromatic carbocycles. The van der Waals surface area contributed by atoms with Crippen LogP contribution in [0.3, 0.4) is 0 Å². The van der Waals surface area contributed by atoms with Gasteiger partial charge in [-0.2, -0.15) is 0 Å². The van der Waals surface area contributed by atoms with Gasteiger partial charge in [-0.15, -0.1) is 0 Å². The van der Waals surface area contributed by atoms with Crippen LogP contribution in [0.4, 0.5) is 4.79 Å². The number of hydrogen-bond acceptors (Lipinski definition) is 5. The van der Waals surface area contributed by atoms with Crippen molar-refractivity contribution in [2.24, 2.45) is 0 Å². The number of furan rings is 1. The van der Waals surface area contributed by atoms with E-state index in [1.807, 2.05) is 12.1 Å². The maximum Gasteiger partial charge on any atom is 0.409 e. The lowest BCUT2D eigenvalue weighted by Crippen LogP contribution is -2.40. The molecule has 25 heavy (non-hydrogen) atoms. The monoisotopic (exact) mass is 433 g/mol. The Kier molecular flexibility index (Phi) is 7.56. The van der Waals surface area contributed by atoms with Gasteiger partial charge in [0.25, 0.3) is 0 Å². The van der Waals surface area contributed by atoms with E-state index in [2.05, 4.69) is 15.9 Å². The highest BCUT2D eigenvalue weighted by molar-refractivity contribution is 9.10. The second kappa shape index (κ2) is 9.43. The van der Waals surface area contributed by atoms with Crippen LogP contribution >= 0.6 is 27.5 Å². The van der Waals surface area contributed by atoms with E-state index in [0.29, 0.717) is 30.2 Å². The maximum atomic E-state index is 12.1. The Morgan fingerprint density at radius 3 is 2.68 bits per heavy atom. The van der Waals surface area contributed by atoms with E-state index in [1.54, 1.807) is 13.0 Å². The summed E-state index contributed by atoms with van der Waals surface area (Å²) in [5.41, 5.74) is 0.634. The summed E-state index contributed by atoms with van der Waals surface area (Å²) in [5, 5.41) is 1.44. The number of hydrogen-bond donors (Lipinski definition) is 0. The minimum atomic E-state index is -0.523. The molecule has 8 heteroatoms. The Morgan fingerprint density at radius 2 is 2.04 bits per heavy atom. The van der Waals surface area contributed by atoms with Gasteiger partial charge in [0.2, 0.25) is 0 Å². The fraction of sp³-hybridized carbons (Fsp3) is 0.471. The van der Waals surface area contributed by atoms with Crippen molar-refractivity contribution in [2.75, 3.05) is 33.9 Å². The quantitative estimate of drug-likeness (QED) is 0.574. The van der Waals surface area contributed by atoms with Crippen molar-refractivity contribution < 1.29 is 23.4 Å². The number of halogens is 2. The average molecular weight is 435 g/mol. The Morgan fingerprint density at radius 1 is 1.32 bits per heavy atom. The number of benzene rings is 1. The van der Waals surface area contributed by atoms with Crippen LogP contribution in [0.1, 0.15) is 12.7 Å². The molecule has 0 spiro atoms. The second-order valence-corrected chi connectivity index (χ2v) is 6.64. The third-order valence-corrected chi connectivity index (χ3v) is 4.37. The number of rotatable bonds is 8. The van der Waals surface area contributed by atoms with Crippen LogP contribution in [0, 0.1) is 0 Å². The summed E-state index contributed by atoms with van der Waals surface area (Å²) in [7, 11) is 3.05. The summed E-state index contributed by atoms with van der Waals surface area (Å²) < 4.78 is 22.1. The van der Waals surface area contributed by atoms with Crippen molar-refractivity contribution in [3.05, 3.63) is 33.5 Å². The maximum absolute atomic E-state index is 12.1. The van der Waals surface area contributed by atoms with Crippen molar-refractivity contribution in [3.8, 4) is 0 Å². The summed E-state index contributed by atoms with van der Waals surface area (Å²) in [6.45, 7) is 2.73. The lowest BCUT2D eigenvalue weighted by atomic mass is 10.2. The van der Waals surface area contributed by atoms with Gasteiger partial charge in [0.15, 0.2) is 11.9 Å². The number of amides is 1. The van der Waals surface area contributed by atoms with Crippen molar-refractivity contribution in [2.45, 2.75) is 19.6 Å². The minimum Gasteiger partial charge on any atom is -0.459 e. The first kappa shape index (κ1) is 20.0. The first-order valence-corrected chi connectivity index (χ1v) is 9.00. The SMILES string of the molecule is CCOC(=O)N(CCc1cc2cc(Br)cc(Cl)c2o1)CC(OC)OC. The third-order valence-electron chi connectivity index (χ3n) is 3.64. The van der Waals surface area contributed by atoms with E-state index in [-0.39, 0.29) is 6.54 Å². The summed E-state index contributed by atoms with van der Waals surface area (Å²) >= 11 is 9.61. The highest BCUT2D eigenvalue weighted by Crippen LogP contribution is 2.30. The summed E-state index contributed by atoms with van der Waals surface area (Å²) in [4.78, 5) is 13.7. The lowest BCUT2D eigenvalue weighted by Gasteiger charge is -2.25. The van der Waals surface area contributed by atoms with E-state index >= 15 is 0 Å². The van der Waals surface area contributed by atoms with Gasteiger partial charge in [0.05, 0.1) is 18.2 Å². The van der Waals surface area contributed by atoms with Gasteiger partial charge in [-0.25, -0.2) is 4.79 Å². The normalized spacial score (nSPS) is 11.3. The molecule has 138 valence electrons. The fourth-order valence-corrected chi connectivity index (χ4v) is 3.27. The average Bonchev–Trinajstić information content (AvgIpc) is 2.98. The first-order valence-electron chi connectivity index (χ1n) is 7.83. The van der Waals surface area contributed by atoms with Crippen LogP contribution in [0.15, 0.2) is 27.1 Å². The van der Waals surface area contributed by atoms with Crippen molar-refractivity contribution in [1.29, 1.82) is 0 Å². The van der Waals surface area contributed by atoms with Crippen molar-refractivity contribution >= 4 is 44.6 Å². The predicted octanol–water partition coefficient (Wildman–Crippen LogP) is 4.47. The highest BCUT2D eigenvalue weighted by Gasteiger charge is 2.20. The molecule has 0 saturated carbocycles. The summed E-state index contributed by atoms with van der Waals surface area (Å²) in [6, 6.07) is 5.63. The van der Waals surface area contributed by atoms with E-state index in [1.165, 1.54) is 19.1 Å². The van der Waals surface area contributed by atoms with Gasteiger partial charge in [-0.3, -0.25) is 0 Å². The molecule has 0 bridgehead atoms. The molecule has 1 aromatic heterocycles. The molecular formula is C17H21BrClNO5. The number of ether oxygens (including phenoxy) is 3. The molecule has 6 nitrogen and oxygen atoms in total. The minimum absolute atomic E-state index is 0.262. The van der Waals surface area contributed by atoms with Gasteiger partial charge in [-0.1, -0.05) is 27.5 Å². The van der Waals surface area contributed by atoms with E-state index in [9.17, 15) is 4.79 Å². The number of carbonyl (C=O) groups excluding carboxylic acids is 1. The van der Waals surface area contributed by atoms with Crippen LogP contribution < -0.4 is 0 Å². The standard InChI is InChI=1S/C17H21BrClNO5/c1-4-24-17(21)20(10-15(22-2)23-3)6-5-13-8-11-7-12(18)9-14(19)16(11)25-13/h7-9,15H,4-6,10H2,1-3H3. The molecule has 0 atom stereocenters. The fourth-order valence-electron chi connectivity index (χ4n) is 2.39. The topological polar surface area (TPSA) is 61.1 Å². The van der Waals surface area contributed by atoms with E-state index in [0.717, 1.165) is 15.6 Å². The second-order valence-electron chi connectivity index (χ2n) is 5.31. The molecule has 0 radical (unpaired) electrons. The Balaban J connectivity index is 2.11. The van der Waals surface area contributed by atoms with Gasteiger partial charge < -0.3 is 23.5 Å². The number of fused-ring (bicyclic) bond motifs is 1. The molecule has 0 N–H and O–H groups in total. The summed E-state index contributed by atoms with van der Waals surface area (Å²) in [5.74, 6) is 0.732. The highest BCUT2D eigenvalue weighted by atomic mass is 79.9.